The van der Waals surface area contributed by atoms with E-state index in [1.807, 2.05) is 6.92 Å². The van der Waals surface area contributed by atoms with Gasteiger partial charge in [-0.25, -0.2) is 0 Å². The Hall–Kier alpha value is -1.42. The molecule has 1 aromatic rings. The van der Waals surface area contributed by atoms with E-state index in [2.05, 4.69) is 6.92 Å². The summed E-state index contributed by atoms with van der Waals surface area (Å²) in [5.41, 5.74) is 1.67. The normalized spacial score (nSPS) is 12.5. The summed E-state index contributed by atoms with van der Waals surface area (Å²) in [5, 5.41) is 19.4. The Morgan fingerprint density at radius 3 is 2.79 bits per heavy atom. The Balaban J connectivity index is 3.14. The topological polar surface area (TPSA) is 63.4 Å². The van der Waals surface area contributed by atoms with Gasteiger partial charge in [-0.15, -0.1) is 0 Å². The fourth-order valence-corrected chi connectivity index (χ4v) is 1.28. The minimum absolute atomic E-state index is 0.0349. The number of aryl methyl sites for hydroxylation is 1. The molecule has 1 rings (SSSR count). The third-order valence-corrected chi connectivity index (χ3v) is 2.13. The molecule has 0 aromatic heterocycles. The molecule has 0 heterocycles. The van der Waals surface area contributed by atoms with E-state index in [0.29, 0.717) is 0 Å². The van der Waals surface area contributed by atoms with Crippen molar-refractivity contribution in [3.05, 3.63) is 46.4 Å². The van der Waals surface area contributed by atoms with Crippen molar-refractivity contribution in [2.75, 3.05) is 6.61 Å². The number of benzene rings is 1. The van der Waals surface area contributed by atoms with Gasteiger partial charge in [0.05, 0.1) is 4.92 Å². The number of nitrogens with zero attached hydrogens (tertiary/aromatic N) is 1. The van der Waals surface area contributed by atoms with E-state index in [1.165, 1.54) is 12.1 Å². The number of non-ortho nitro benzene ring substituents is 1. The quantitative estimate of drug-likeness (QED) is 0.589. The molecule has 0 bridgehead atoms. The Kier molecular flexibility index (Phi) is 3.19. The molecule has 14 heavy (non-hydrogen) atoms. The fourth-order valence-electron chi connectivity index (χ4n) is 1.28. The van der Waals surface area contributed by atoms with Crippen LogP contribution in [-0.4, -0.2) is 16.6 Å². The van der Waals surface area contributed by atoms with Crippen LogP contribution in [0.1, 0.15) is 17.0 Å². The highest BCUT2D eigenvalue weighted by molar-refractivity contribution is 5.41. The molecule has 0 aliphatic carbocycles. The lowest BCUT2D eigenvalue weighted by molar-refractivity contribution is -0.384. The number of hydrogen-bond donors (Lipinski definition) is 1. The first-order chi connectivity index (χ1) is 6.56. The Labute approximate surface area is 82.3 Å². The van der Waals surface area contributed by atoms with Crippen LogP contribution >= 0.6 is 0 Å². The predicted octanol–water partition coefficient (Wildman–Crippen LogP) is 1.81. The maximum absolute atomic E-state index is 10.5. The van der Waals surface area contributed by atoms with E-state index < -0.39 is 4.92 Å². The highest BCUT2D eigenvalue weighted by Crippen LogP contribution is 2.23. The minimum atomic E-state index is -0.451. The second-order valence-electron chi connectivity index (χ2n) is 3.18. The third-order valence-electron chi connectivity index (χ3n) is 2.13. The molecule has 1 unspecified atom stereocenters. The van der Waals surface area contributed by atoms with Crippen LogP contribution < -0.4 is 0 Å². The second-order valence-corrected chi connectivity index (χ2v) is 3.18. The lowest BCUT2D eigenvalue weighted by Gasteiger charge is -2.10. The molecule has 1 radical (unpaired) electrons. The largest absolute Gasteiger partial charge is 0.396 e. The molecule has 0 amide bonds. The summed E-state index contributed by atoms with van der Waals surface area (Å²) in [4.78, 5) is 10.0. The molecule has 0 saturated heterocycles. The van der Waals surface area contributed by atoms with Crippen molar-refractivity contribution in [3.63, 3.8) is 0 Å². The average Bonchev–Trinajstić information content (AvgIpc) is 2.17. The maximum Gasteiger partial charge on any atom is 0.269 e. The molecular weight excluding hydrogens is 182 g/mol. The summed E-state index contributed by atoms with van der Waals surface area (Å²) in [7, 11) is 0. The highest BCUT2D eigenvalue weighted by Gasteiger charge is 2.12. The molecule has 0 fully saturated rings. The van der Waals surface area contributed by atoms with Gasteiger partial charge in [-0.3, -0.25) is 10.1 Å². The second kappa shape index (κ2) is 4.19. The zero-order valence-corrected chi connectivity index (χ0v) is 7.93. The van der Waals surface area contributed by atoms with Crippen LogP contribution in [0.3, 0.4) is 0 Å². The molecule has 0 spiro atoms. The van der Waals surface area contributed by atoms with Gasteiger partial charge in [0.25, 0.3) is 5.69 Å². The predicted molar refractivity (Wildman–Crippen MR) is 53.0 cm³/mol. The van der Waals surface area contributed by atoms with Crippen molar-refractivity contribution in [1.82, 2.24) is 0 Å². The van der Waals surface area contributed by atoms with Gasteiger partial charge in [-0.1, -0.05) is 6.07 Å². The Bertz CT molecular complexity index is 349. The highest BCUT2D eigenvalue weighted by atomic mass is 16.6. The first-order valence-electron chi connectivity index (χ1n) is 4.25. The third kappa shape index (κ3) is 2.09. The number of nitro groups is 1. The van der Waals surface area contributed by atoms with Crippen molar-refractivity contribution in [1.29, 1.82) is 0 Å². The standard InChI is InChI=1S/C10H12NO3/c1-7-3-4-9(11(13)14)5-10(7)8(2)6-12/h3-5,8,12H,2,6H2,1H3. The number of rotatable bonds is 3. The molecule has 4 nitrogen and oxygen atoms in total. The van der Waals surface area contributed by atoms with Gasteiger partial charge >= 0.3 is 0 Å². The van der Waals surface area contributed by atoms with Gasteiger partial charge in [0.15, 0.2) is 0 Å². The summed E-state index contributed by atoms with van der Waals surface area (Å²) in [6, 6.07) is 4.58. The smallest absolute Gasteiger partial charge is 0.269 e. The fraction of sp³-hybridized carbons (Fsp3) is 0.300. The molecule has 0 aliphatic rings. The molecule has 1 N–H and O–H groups in total. The van der Waals surface area contributed by atoms with E-state index in [4.69, 9.17) is 5.11 Å². The van der Waals surface area contributed by atoms with Gasteiger partial charge in [0.2, 0.25) is 0 Å². The first-order valence-corrected chi connectivity index (χ1v) is 4.25. The van der Waals surface area contributed by atoms with Crippen LogP contribution in [0.4, 0.5) is 5.69 Å². The van der Waals surface area contributed by atoms with Crippen LogP contribution in [0, 0.1) is 24.0 Å². The van der Waals surface area contributed by atoms with Crippen molar-refractivity contribution >= 4 is 5.69 Å². The summed E-state index contributed by atoms with van der Waals surface area (Å²) in [6.45, 7) is 5.45. The molecule has 75 valence electrons. The van der Waals surface area contributed by atoms with E-state index >= 15 is 0 Å². The van der Waals surface area contributed by atoms with Gasteiger partial charge in [0.1, 0.15) is 0 Å². The van der Waals surface area contributed by atoms with Crippen molar-refractivity contribution in [2.24, 2.45) is 0 Å². The number of aliphatic hydroxyl groups excluding tert-OH is 1. The number of nitro benzene ring substituents is 1. The first kappa shape index (κ1) is 10.7. The summed E-state index contributed by atoms with van der Waals surface area (Å²) in [5.74, 6) is -0.310. The van der Waals surface area contributed by atoms with Crippen LogP contribution in [0.5, 0.6) is 0 Å². The zero-order chi connectivity index (χ0) is 10.7. The van der Waals surface area contributed by atoms with Crippen LogP contribution in [0.2, 0.25) is 0 Å². The molecule has 4 heteroatoms. The maximum atomic E-state index is 10.5. The van der Waals surface area contributed by atoms with Gasteiger partial charge < -0.3 is 5.11 Å². The lowest BCUT2D eigenvalue weighted by Crippen LogP contribution is -2.02. The SMILES string of the molecule is [CH2]C(CO)c1cc([N+](=O)[O-])ccc1C. The van der Waals surface area contributed by atoms with Crippen LogP contribution in [0.15, 0.2) is 18.2 Å². The van der Waals surface area contributed by atoms with Gasteiger partial charge in [-0.05, 0) is 25.0 Å². The van der Waals surface area contributed by atoms with Crippen LogP contribution in [-0.2, 0) is 0 Å². The average molecular weight is 194 g/mol. The summed E-state index contributed by atoms with van der Waals surface area (Å²) < 4.78 is 0. The molecule has 0 aliphatic heterocycles. The number of hydrogen-bond acceptors (Lipinski definition) is 3. The lowest BCUT2D eigenvalue weighted by atomic mass is 9.97. The van der Waals surface area contributed by atoms with Crippen molar-refractivity contribution in [3.8, 4) is 0 Å². The Morgan fingerprint density at radius 1 is 1.64 bits per heavy atom. The van der Waals surface area contributed by atoms with Crippen molar-refractivity contribution < 1.29 is 10.0 Å². The van der Waals surface area contributed by atoms with Crippen LogP contribution in [0.25, 0.3) is 0 Å². The van der Waals surface area contributed by atoms with Gasteiger partial charge in [0, 0.05) is 24.7 Å². The number of aliphatic hydroxyl groups is 1. The monoisotopic (exact) mass is 194 g/mol. The van der Waals surface area contributed by atoms with Gasteiger partial charge in [-0.2, -0.15) is 0 Å². The van der Waals surface area contributed by atoms with Crippen molar-refractivity contribution in [2.45, 2.75) is 12.8 Å². The van der Waals surface area contributed by atoms with E-state index in [0.717, 1.165) is 11.1 Å². The minimum Gasteiger partial charge on any atom is -0.396 e. The van der Waals surface area contributed by atoms with E-state index in [9.17, 15) is 10.1 Å². The summed E-state index contributed by atoms with van der Waals surface area (Å²) >= 11 is 0. The van der Waals surface area contributed by atoms with E-state index in [-0.39, 0.29) is 18.2 Å². The molecule has 0 saturated carbocycles. The summed E-state index contributed by atoms with van der Waals surface area (Å²) in [6.07, 6.45) is 0. The Morgan fingerprint density at radius 2 is 2.29 bits per heavy atom. The molecule has 1 aromatic carbocycles. The zero-order valence-electron chi connectivity index (χ0n) is 7.93. The molecule has 1 atom stereocenters. The van der Waals surface area contributed by atoms with E-state index in [1.54, 1.807) is 6.07 Å². The molecular formula is C10H12NO3.